The number of rotatable bonds is 7. The molecule has 3 rings (SSSR count). The van der Waals surface area contributed by atoms with Gasteiger partial charge in [-0.15, -0.1) is 0 Å². The molecule has 12 heteroatoms. The van der Waals surface area contributed by atoms with Crippen molar-refractivity contribution in [3.8, 4) is 17.3 Å². The fourth-order valence-corrected chi connectivity index (χ4v) is 2.62. The third-order valence-electron chi connectivity index (χ3n) is 3.37. The lowest BCUT2D eigenvalue weighted by atomic mass is 10.4. The average Bonchev–Trinajstić information content (AvgIpc) is 3.02. The van der Waals surface area contributed by atoms with Gasteiger partial charge in [-0.05, 0) is 19.9 Å². The van der Waals surface area contributed by atoms with E-state index >= 15 is 0 Å². The highest BCUT2D eigenvalue weighted by Crippen LogP contribution is 2.29. The van der Waals surface area contributed by atoms with Crippen molar-refractivity contribution in [1.29, 1.82) is 0 Å². The van der Waals surface area contributed by atoms with Gasteiger partial charge in [0.15, 0.2) is 18.2 Å². The summed E-state index contributed by atoms with van der Waals surface area (Å²) < 4.78 is 54.7. The molecule has 0 radical (unpaired) electrons. The Balaban J connectivity index is 2.01. The molecule has 0 spiro atoms. The molecular formula is C16H15F3N4O4S. The molecule has 0 unspecified atom stereocenters. The van der Waals surface area contributed by atoms with Crippen LogP contribution < -0.4 is 14.6 Å². The average molecular weight is 416 g/mol. The zero-order valence-corrected chi connectivity index (χ0v) is 15.6. The highest BCUT2D eigenvalue weighted by molar-refractivity contribution is 7.90. The summed E-state index contributed by atoms with van der Waals surface area (Å²) in [4.78, 5) is 21.0. The number of hydrogen-bond donors (Lipinski definition) is 0. The molecule has 3 heterocycles. The van der Waals surface area contributed by atoms with Gasteiger partial charge < -0.3 is 8.92 Å². The fourth-order valence-electron chi connectivity index (χ4n) is 2.28. The van der Waals surface area contributed by atoms with Crippen molar-refractivity contribution < 1.29 is 26.3 Å². The molecule has 0 aromatic carbocycles. The van der Waals surface area contributed by atoms with E-state index in [9.17, 15) is 18.0 Å². The molecule has 150 valence electrons. The fraction of sp³-hybridized carbons (Fsp3) is 0.312. The SMILES string of the molecule is CCOSOc1cc(OCC(F)(F)F)cnc1-n1ccc2nc(C)cn2c1=O. The van der Waals surface area contributed by atoms with E-state index in [-0.39, 0.29) is 17.3 Å². The van der Waals surface area contributed by atoms with Crippen molar-refractivity contribution >= 4 is 18.0 Å². The number of aromatic nitrogens is 4. The summed E-state index contributed by atoms with van der Waals surface area (Å²) in [6.07, 6.45) is -0.415. The zero-order chi connectivity index (χ0) is 20.3. The maximum Gasteiger partial charge on any atom is 0.422 e. The van der Waals surface area contributed by atoms with Crippen molar-refractivity contribution in [3.63, 3.8) is 0 Å². The molecule has 0 N–H and O–H groups in total. The second-order valence-electron chi connectivity index (χ2n) is 5.53. The Kier molecular flexibility index (Phi) is 5.79. The Hall–Kier alpha value is -2.73. The molecule has 0 fully saturated rings. The summed E-state index contributed by atoms with van der Waals surface area (Å²) in [7, 11) is 0. The van der Waals surface area contributed by atoms with E-state index in [1.807, 2.05) is 0 Å². The standard InChI is InChI=1S/C16H15F3N4O4S/c1-3-26-28-27-12-6-11(25-9-16(17,18)19)7-20-14(12)22-5-4-13-21-10(2)8-23(13)15(22)24/h4-8H,3,9H2,1-2H3. The maximum absolute atomic E-state index is 12.7. The lowest BCUT2D eigenvalue weighted by Crippen LogP contribution is -2.25. The number of aryl methyl sites for hydroxylation is 1. The minimum atomic E-state index is -4.50. The van der Waals surface area contributed by atoms with Crippen molar-refractivity contribution in [1.82, 2.24) is 18.9 Å². The number of hydrogen-bond acceptors (Lipinski definition) is 7. The number of fused-ring (bicyclic) bond motifs is 1. The Labute approximate surface area is 161 Å². The van der Waals surface area contributed by atoms with Gasteiger partial charge in [0.1, 0.15) is 11.4 Å². The molecule has 0 aliphatic carbocycles. The first-order valence-corrected chi connectivity index (χ1v) is 8.68. The summed E-state index contributed by atoms with van der Waals surface area (Å²) in [5.74, 6) is -0.109. The Morgan fingerprint density at radius 3 is 2.82 bits per heavy atom. The lowest BCUT2D eigenvalue weighted by Gasteiger charge is -2.13. The lowest BCUT2D eigenvalue weighted by molar-refractivity contribution is -0.153. The van der Waals surface area contributed by atoms with E-state index in [0.717, 1.165) is 6.20 Å². The van der Waals surface area contributed by atoms with Crippen LogP contribution >= 0.6 is 12.3 Å². The van der Waals surface area contributed by atoms with Crippen LogP contribution in [0.15, 0.2) is 35.5 Å². The highest BCUT2D eigenvalue weighted by atomic mass is 32.2. The normalized spacial score (nSPS) is 11.8. The second-order valence-corrected chi connectivity index (χ2v) is 6.07. The third kappa shape index (κ3) is 4.57. The van der Waals surface area contributed by atoms with Crippen LogP contribution in [0, 0.1) is 6.92 Å². The van der Waals surface area contributed by atoms with Gasteiger partial charge in [0, 0.05) is 18.5 Å². The second kappa shape index (κ2) is 8.10. The predicted molar refractivity (Wildman–Crippen MR) is 94.7 cm³/mol. The molecule has 0 amide bonds. The molecule has 3 aromatic rings. The largest absolute Gasteiger partial charge is 0.482 e. The van der Waals surface area contributed by atoms with E-state index < -0.39 is 18.5 Å². The molecule has 8 nitrogen and oxygen atoms in total. The molecule has 0 aliphatic heterocycles. The van der Waals surface area contributed by atoms with Gasteiger partial charge in [0.05, 0.1) is 18.5 Å². The smallest absolute Gasteiger partial charge is 0.422 e. The summed E-state index contributed by atoms with van der Waals surface area (Å²) in [5.41, 5.74) is 0.637. The topological polar surface area (TPSA) is 79.9 Å². The Bertz CT molecular complexity index is 1030. The van der Waals surface area contributed by atoms with Gasteiger partial charge in [0.2, 0.25) is 12.3 Å². The van der Waals surface area contributed by atoms with E-state index in [1.54, 1.807) is 26.1 Å². The zero-order valence-electron chi connectivity index (χ0n) is 14.8. The Morgan fingerprint density at radius 2 is 2.11 bits per heavy atom. The minimum absolute atomic E-state index is 0.00332. The van der Waals surface area contributed by atoms with Crippen LogP contribution in [0.3, 0.4) is 0 Å². The van der Waals surface area contributed by atoms with E-state index in [1.165, 1.54) is 21.2 Å². The number of pyridine rings is 1. The van der Waals surface area contributed by atoms with Crippen LogP contribution in [0.1, 0.15) is 12.6 Å². The number of alkyl halides is 3. The van der Waals surface area contributed by atoms with Gasteiger partial charge in [-0.25, -0.2) is 19.3 Å². The van der Waals surface area contributed by atoms with Crippen LogP contribution in [0.4, 0.5) is 13.2 Å². The van der Waals surface area contributed by atoms with Crippen molar-refractivity contribution in [2.24, 2.45) is 0 Å². The molecule has 28 heavy (non-hydrogen) atoms. The number of ether oxygens (including phenoxy) is 1. The minimum Gasteiger partial charge on any atom is -0.482 e. The van der Waals surface area contributed by atoms with Crippen LogP contribution in [0.5, 0.6) is 11.5 Å². The molecule has 0 aliphatic rings. The quantitative estimate of drug-likeness (QED) is 0.433. The molecule has 0 saturated carbocycles. The molecule has 0 saturated heterocycles. The molecular weight excluding hydrogens is 401 g/mol. The van der Waals surface area contributed by atoms with Crippen LogP contribution in [0.2, 0.25) is 0 Å². The molecule has 0 atom stereocenters. The first kappa shape index (κ1) is 20.0. The van der Waals surface area contributed by atoms with Crippen LogP contribution in [0.25, 0.3) is 11.5 Å². The van der Waals surface area contributed by atoms with Gasteiger partial charge in [-0.3, -0.25) is 8.58 Å². The number of nitrogens with zero attached hydrogens (tertiary/aromatic N) is 4. The van der Waals surface area contributed by atoms with Crippen molar-refractivity contribution in [2.45, 2.75) is 20.0 Å². The van der Waals surface area contributed by atoms with Gasteiger partial charge >= 0.3 is 11.9 Å². The summed E-state index contributed by atoms with van der Waals surface area (Å²) in [6.45, 7) is 2.33. The van der Waals surface area contributed by atoms with Gasteiger partial charge in [-0.2, -0.15) is 13.2 Å². The van der Waals surface area contributed by atoms with Gasteiger partial charge in [0.25, 0.3) is 0 Å². The summed E-state index contributed by atoms with van der Waals surface area (Å²) in [6, 6.07) is 2.81. The van der Waals surface area contributed by atoms with Crippen LogP contribution in [-0.2, 0) is 4.18 Å². The third-order valence-corrected chi connectivity index (χ3v) is 3.95. The van der Waals surface area contributed by atoms with E-state index in [4.69, 9.17) is 13.1 Å². The highest BCUT2D eigenvalue weighted by Gasteiger charge is 2.28. The van der Waals surface area contributed by atoms with Gasteiger partial charge in [-0.1, -0.05) is 0 Å². The van der Waals surface area contributed by atoms with Crippen molar-refractivity contribution in [2.75, 3.05) is 13.2 Å². The maximum atomic E-state index is 12.7. The first-order chi connectivity index (χ1) is 13.3. The van der Waals surface area contributed by atoms with E-state index in [2.05, 4.69) is 9.97 Å². The molecule has 0 bridgehead atoms. The first-order valence-electron chi connectivity index (χ1n) is 8.02. The Morgan fingerprint density at radius 1 is 1.32 bits per heavy atom. The summed E-state index contributed by atoms with van der Waals surface area (Å²) in [5, 5.41) is 0. The van der Waals surface area contributed by atoms with E-state index in [0.29, 0.717) is 30.3 Å². The predicted octanol–water partition coefficient (Wildman–Crippen LogP) is 3.11. The number of imidazole rings is 1. The monoisotopic (exact) mass is 416 g/mol. The van der Waals surface area contributed by atoms with Crippen LogP contribution in [-0.4, -0.2) is 38.3 Å². The van der Waals surface area contributed by atoms with Crippen molar-refractivity contribution in [3.05, 3.63) is 46.9 Å². The molecule has 3 aromatic heterocycles. The number of halogens is 3. The summed E-state index contributed by atoms with van der Waals surface area (Å²) >= 11 is 0.609.